The molecule has 13 heavy (non-hydrogen) atoms. The molecule has 0 spiro atoms. The molecule has 72 valence electrons. The van der Waals surface area contributed by atoms with E-state index < -0.39 is 11.0 Å². The Hall–Kier alpha value is -1.47. The van der Waals surface area contributed by atoms with Crippen molar-refractivity contribution in [1.29, 1.82) is 0 Å². The van der Waals surface area contributed by atoms with E-state index in [0.717, 1.165) is 0 Å². The largest absolute Gasteiger partial charge is 0.388 e. The second kappa shape index (κ2) is 3.97. The minimum absolute atomic E-state index is 0.176. The third-order valence-electron chi connectivity index (χ3n) is 1.63. The maximum Gasteiger partial charge on any atom is 0.348 e. The van der Waals surface area contributed by atoms with Gasteiger partial charge in [-0.15, -0.1) is 5.10 Å². The number of aromatic nitrogens is 2. The van der Waals surface area contributed by atoms with Gasteiger partial charge in [-0.2, -0.15) is 0 Å². The summed E-state index contributed by atoms with van der Waals surface area (Å²) in [7, 11) is 0. The highest BCUT2D eigenvalue weighted by Gasteiger charge is 2.21. The van der Waals surface area contributed by atoms with Gasteiger partial charge in [-0.3, -0.25) is 0 Å². The zero-order valence-corrected chi connectivity index (χ0v) is 6.80. The van der Waals surface area contributed by atoms with Crippen LogP contribution in [0.2, 0.25) is 0 Å². The van der Waals surface area contributed by atoms with E-state index in [9.17, 15) is 15.2 Å². The highest BCUT2D eigenvalue weighted by Crippen LogP contribution is 2.23. The van der Waals surface area contributed by atoms with Crippen molar-refractivity contribution in [3.05, 3.63) is 21.9 Å². The van der Waals surface area contributed by atoms with Gasteiger partial charge in [-0.05, 0) is 17.9 Å². The van der Waals surface area contributed by atoms with Crippen LogP contribution in [0, 0.1) is 10.1 Å². The van der Waals surface area contributed by atoms with Crippen LogP contribution in [-0.4, -0.2) is 26.8 Å². The highest BCUT2D eigenvalue weighted by atomic mass is 16.6. The molecule has 1 aromatic rings. The van der Waals surface area contributed by atoms with Crippen molar-refractivity contribution in [1.82, 2.24) is 10.2 Å². The number of nitrogens with one attached hydrogen (secondary N) is 1. The van der Waals surface area contributed by atoms with Crippen molar-refractivity contribution in [2.24, 2.45) is 5.73 Å². The second-order valence-electron chi connectivity index (χ2n) is 2.52. The smallest absolute Gasteiger partial charge is 0.348 e. The first-order valence-corrected chi connectivity index (χ1v) is 3.72. The fourth-order valence-corrected chi connectivity index (χ4v) is 0.992. The molecule has 7 nitrogen and oxygen atoms in total. The first-order chi connectivity index (χ1) is 6.16. The summed E-state index contributed by atoms with van der Waals surface area (Å²) < 4.78 is 0. The van der Waals surface area contributed by atoms with Crippen molar-refractivity contribution < 1.29 is 10.0 Å². The zero-order chi connectivity index (χ0) is 9.84. The van der Waals surface area contributed by atoms with E-state index >= 15 is 0 Å². The van der Waals surface area contributed by atoms with Crippen LogP contribution in [0.5, 0.6) is 0 Å². The van der Waals surface area contributed by atoms with Gasteiger partial charge in [0.05, 0.1) is 17.9 Å². The summed E-state index contributed by atoms with van der Waals surface area (Å²) in [5.41, 5.74) is 5.38. The Morgan fingerprint density at radius 1 is 1.85 bits per heavy atom. The van der Waals surface area contributed by atoms with E-state index in [0.29, 0.717) is 0 Å². The maximum absolute atomic E-state index is 10.4. The lowest BCUT2D eigenvalue weighted by molar-refractivity contribution is -0.390. The zero-order valence-electron chi connectivity index (χ0n) is 6.80. The molecular weight excluding hydrogens is 176 g/mol. The van der Waals surface area contributed by atoms with Crippen LogP contribution >= 0.6 is 0 Å². The van der Waals surface area contributed by atoms with Crippen LogP contribution in [0.1, 0.15) is 18.1 Å². The fraction of sp³-hybridized carbons (Fsp3) is 0.500. The molecule has 0 fully saturated rings. The molecule has 0 radical (unpaired) electrons. The first kappa shape index (κ1) is 9.62. The van der Waals surface area contributed by atoms with Crippen LogP contribution in [0.4, 0.5) is 5.82 Å². The number of nitro groups is 1. The molecule has 4 N–H and O–H groups in total. The third-order valence-corrected chi connectivity index (χ3v) is 1.63. The highest BCUT2D eigenvalue weighted by molar-refractivity contribution is 5.31. The van der Waals surface area contributed by atoms with Gasteiger partial charge in [-0.1, -0.05) is 5.10 Å². The minimum Gasteiger partial charge on any atom is -0.388 e. The number of aliphatic hydroxyl groups is 1. The van der Waals surface area contributed by atoms with E-state index in [1.165, 1.54) is 6.20 Å². The van der Waals surface area contributed by atoms with Crippen molar-refractivity contribution in [2.45, 2.75) is 12.5 Å². The number of hydrogen-bond acceptors (Lipinski definition) is 5. The molecule has 0 aliphatic heterocycles. The SMILES string of the molecule is NCCC(O)c1cn[nH]c1[N+](=O)[O-]. The number of H-pyrrole nitrogens is 1. The van der Waals surface area contributed by atoms with Gasteiger partial charge in [0.25, 0.3) is 0 Å². The summed E-state index contributed by atoms with van der Waals surface area (Å²) in [4.78, 5) is 9.76. The molecule has 1 aromatic heterocycles. The number of aliphatic hydroxyl groups excluding tert-OH is 1. The maximum atomic E-state index is 10.4. The van der Waals surface area contributed by atoms with E-state index in [2.05, 4.69) is 10.2 Å². The van der Waals surface area contributed by atoms with Crippen molar-refractivity contribution in [2.75, 3.05) is 6.54 Å². The molecule has 1 rings (SSSR count). The lowest BCUT2D eigenvalue weighted by Crippen LogP contribution is -2.07. The normalized spacial score (nSPS) is 12.8. The number of nitrogens with zero attached hydrogens (tertiary/aromatic N) is 2. The second-order valence-corrected chi connectivity index (χ2v) is 2.52. The molecule has 0 aliphatic rings. The van der Waals surface area contributed by atoms with E-state index in [-0.39, 0.29) is 24.3 Å². The summed E-state index contributed by atoms with van der Waals surface area (Å²) >= 11 is 0. The predicted octanol–water partition coefficient (Wildman–Crippen LogP) is -0.300. The number of rotatable bonds is 4. The average molecular weight is 186 g/mol. The van der Waals surface area contributed by atoms with Crippen molar-refractivity contribution >= 4 is 5.82 Å². The Bertz CT molecular complexity index is 298. The van der Waals surface area contributed by atoms with Gasteiger partial charge in [0.1, 0.15) is 0 Å². The Labute approximate surface area is 73.7 Å². The molecule has 0 aliphatic carbocycles. The van der Waals surface area contributed by atoms with Crippen molar-refractivity contribution in [3.8, 4) is 0 Å². The Morgan fingerprint density at radius 3 is 3.08 bits per heavy atom. The van der Waals surface area contributed by atoms with Gasteiger partial charge in [0, 0.05) is 0 Å². The molecular formula is C6H10N4O3. The Balaban J connectivity index is 2.86. The molecule has 7 heteroatoms. The topological polar surface area (TPSA) is 118 Å². The molecule has 0 saturated heterocycles. The van der Waals surface area contributed by atoms with Crippen LogP contribution in [0.15, 0.2) is 6.20 Å². The van der Waals surface area contributed by atoms with E-state index in [1.54, 1.807) is 0 Å². The molecule has 1 heterocycles. The quantitative estimate of drug-likeness (QED) is 0.440. The lowest BCUT2D eigenvalue weighted by atomic mass is 10.1. The van der Waals surface area contributed by atoms with Crippen LogP contribution in [0.25, 0.3) is 0 Å². The van der Waals surface area contributed by atoms with Gasteiger partial charge < -0.3 is 21.0 Å². The van der Waals surface area contributed by atoms with E-state index in [4.69, 9.17) is 5.73 Å². The summed E-state index contributed by atoms with van der Waals surface area (Å²) in [6.07, 6.45) is 0.586. The molecule has 0 saturated carbocycles. The van der Waals surface area contributed by atoms with E-state index in [1.807, 2.05) is 0 Å². The van der Waals surface area contributed by atoms with Crippen LogP contribution in [-0.2, 0) is 0 Å². The van der Waals surface area contributed by atoms with Crippen LogP contribution < -0.4 is 5.73 Å². The minimum atomic E-state index is -0.927. The average Bonchev–Trinajstić information content (AvgIpc) is 2.52. The van der Waals surface area contributed by atoms with Gasteiger partial charge in [-0.25, -0.2) is 0 Å². The number of nitrogens with two attached hydrogens (primary N) is 1. The van der Waals surface area contributed by atoms with Gasteiger partial charge >= 0.3 is 5.82 Å². The molecule has 0 amide bonds. The Morgan fingerprint density at radius 2 is 2.54 bits per heavy atom. The monoisotopic (exact) mass is 186 g/mol. The predicted molar refractivity (Wildman–Crippen MR) is 43.9 cm³/mol. The van der Waals surface area contributed by atoms with Gasteiger partial charge in [0.2, 0.25) is 0 Å². The summed E-state index contributed by atoms with van der Waals surface area (Å²) in [6.45, 7) is 0.267. The fourth-order valence-electron chi connectivity index (χ4n) is 0.992. The molecule has 0 bridgehead atoms. The summed E-state index contributed by atoms with van der Waals surface area (Å²) in [5.74, 6) is -0.277. The van der Waals surface area contributed by atoms with Crippen molar-refractivity contribution in [3.63, 3.8) is 0 Å². The van der Waals surface area contributed by atoms with Crippen LogP contribution in [0.3, 0.4) is 0 Å². The molecule has 1 atom stereocenters. The summed E-state index contributed by atoms with van der Waals surface area (Å²) in [6, 6.07) is 0. The number of hydrogen-bond donors (Lipinski definition) is 3. The molecule has 1 unspecified atom stereocenters. The Kier molecular flexibility index (Phi) is 2.93. The lowest BCUT2D eigenvalue weighted by Gasteiger charge is -2.05. The van der Waals surface area contributed by atoms with Gasteiger partial charge in [0.15, 0.2) is 0 Å². The first-order valence-electron chi connectivity index (χ1n) is 3.72. The standard InChI is InChI=1S/C6H10N4O3/c7-2-1-5(11)4-3-8-9-6(4)10(12)13/h3,5,11H,1-2,7H2,(H,8,9). The molecule has 0 aromatic carbocycles. The number of aromatic amines is 1. The summed E-state index contributed by atoms with van der Waals surface area (Å²) in [5, 5.41) is 25.5. The third kappa shape index (κ3) is 2.01.